The van der Waals surface area contributed by atoms with E-state index in [1.165, 1.54) is 0 Å². The first-order valence-electron chi connectivity index (χ1n) is 10.7. The van der Waals surface area contributed by atoms with Crippen molar-refractivity contribution in [2.24, 2.45) is 22.6 Å². The summed E-state index contributed by atoms with van der Waals surface area (Å²) in [5.74, 6) is 0. The Kier molecular flexibility index (Phi) is 11.8. The monoisotopic (exact) mass is 403 g/mol. The first-order valence-corrected chi connectivity index (χ1v) is 10.7. The summed E-state index contributed by atoms with van der Waals surface area (Å²) in [4.78, 5) is 2.39. The average molecular weight is 404 g/mol. The third-order valence-corrected chi connectivity index (χ3v) is 5.24. The molecule has 0 amide bonds. The molecule has 3 aliphatic rings. The molecule has 0 saturated carbocycles. The molecule has 9 nitrogen and oxygen atoms in total. The van der Waals surface area contributed by atoms with Gasteiger partial charge in [0.1, 0.15) is 0 Å². The number of piperazine rings is 1. The van der Waals surface area contributed by atoms with Crippen LogP contribution in [0.1, 0.15) is 25.7 Å². The predicted molar refractivity (Wildman–Crippen MR) is 109 cm³/mol. The number of rotatable bonds is 8. The topological polar surface area (TPSA) is 130 Å². The molecule has 9 heteroatoms. The van der Waals surface area contributed by atoms with E-state index >= 15 is 0 Å². The number of ether oxygens (including phenoxy) is 4. The third-order valence-electron chi connectivity index (χ3n) is 5.24. The summed E-state index contributed by atoms with van der Waals surface area (Å²) in [5.41, 5.74) is 16.2. The SMILES string of the molecule is NCCCC1OCC2(CO1)COC(CCCN)OC2.NCCN1CCNCC1. The van der Waals surface area contributed by atoms with Crippen molar-refractivity contribution < 1.29 is 18.9 Å². The number of hydrogen-bond donors (Lipinski definition) is 4. The highest BCUT2D eigenvalue weighted by atomic mass is 16.7. The molecule has 0 aliphatic carbocycles. The van der Waals surface area contributed by atoms with Gasteiger partial charge in [0.2, 0.25) is 0 Å². The van der Waals surface area contributed by atoms with Crippen LogP contribution >= 0.6 is 0 Å². The highest BCUT2D eigenvalue weighted by Gasteiger charge is 2.41. The van der Waals surface area contributed by atoms with E-state index in [-0.39, 0.29) is 18.0 Å². The van der Waals surface area contributed by atoms with E-state index < -0.39 is 0 Å². The van der Waals surface area contributed by atoms with Gasteiger partial charge in [-0.3, -0.25) is 4.90 Å². The Morgan fingerprint density at radius 3 is 1.61 bits per heavy atom. The van der Waals surface area contributed by atoms with Crippen LogP contribution in [0.4, 0.5) is 0 Å². The molecule has 3 aliphatic heterocycles. The molecule has 0 radical (unpaired) electrons. The lowest BCUT2D eigenvalue weighted by Gasteiger charge is -2.43. The maximum Gasteiger partial charge on any atom is 0.157 e. The molecule has 3 fully saturated rings. The quantitative estimate of drug-likeness (QED) is 0.405. The maximum atomic E-state index is 5.73. The van der Waals surface area contributed by atoms with Crippen LogP contribution < -0.4 is 22.5 Å². The largest absolute Gasteiger partial charge is 0.352 e. The first-order chi connectivity index (χ1) is 13.7. The summed E-state index contributed by atoms with van der Waals surface area (Å²) in [7, 11) is 0. The smallest absolute Gasteiger partial charge is 0.157 e. The summed E-state index contributed by atoms with van der Waals surface area (Å²) < 4.78 is 22.9. The normalized spacial score (nSPS) is 31.4. The van der Waals surface area contributed by atoms with Crippen LogP contribution in [0.25, 0.3) is 0 Å². The van der Waals surface area contributed by atoms with E-state index in [2.05, 4.69) is 10.2 Å². The summed E-state index contributed by atoms with van der Waals surface area (Å²) in [5, 5.41) is 3.29. The van der Waals surface area contributed by atoms with Crippen molar-refractivity contribution in [1.29, 1.82) is 0 Å². The lowest BCUT2D eigenvalue weighted by molar-refractivity contribution is -0.304. The molecule has 0 bridgehead atoms. The lowest BCUT2D eigenvalue weighted by atomic mass is 9.90. The summed E-state index contributed by atoms with van der Waals surface area (Å²) in [6, 6.07) is 0. The van der Waals surface area contributed by atoms with Gasteiger partial charge in [-0.25, -0.2) is 0 Å². The minimum atomic E-state index is -0.140. The standard InChI is InChI=1S/C13H26N2O4.C6H15N3/c14-5-1-3-11-16-7-13(8-17-11)9-18-12(19-10-13)4-2-6-15;7-1-4-9-5-2-8-3-6-9/h11-12H,1-10,14-15H2;8H,1-7H2. The molecule has 28 heavy (non-hydrogen) atoms. The van der Waals surface area contributed by atoms with Gasteiger partial charge in [0.15, 0.2) is 12.6 Å². The Hall–Kier alpha value is -0.360. The van der Waals surface area contributed by atoms with E-state index in [9.17, 15) is 0 Å². The first kappa shape index (κ1) is 23.9. The van der Waals surface area contributed by atoms with Crippen molar-refractivity contribution in [2.75, 3.05) is 78.8 Å². The molecular formula is C19H41N5O4. The number of nitrogens with zero attached hydrogens (tertiary/aromatic N) is 1. The van der Waals surface area contributed by atoms with Crippen LogP contribution in [0.3, 0.4) is 0 Å². The summed E-state index contributed by atoms with van der Waals surface area (Å²) in [6.45, 7) is 10.3. The second-order valence-electron chi connectivity index (χ2n) is 7.85. The van der Waals surface area contributed by atoms with Gasteiger partial charge in [-0.05, 0) is 38.8 Å². The van der Waals surface area contributed by atoms with Crippen LogP contribution in [0.5, 0.6) is 0 Å². The van der Waals surface area contributed by atoms with E-state index in [0.29, 0.717) is 39.5 Å². The van der Waals surface area contributed by atoms with E-state index in [4.69, 9.17) is 36.1 Å². The zero-order valence-electron chi connectivity index (χ0n) is 17.3. The second-order valence-corrected chi connectivity index (χ2v) is 7.85. The second kappa shape index (κ2) is 13.8. The fourth-order valence-corrected chi connectivity index (χ4v) is 3.44. The van der Waals surface area contributed by atoms with Gasteiger partial charge in [-0.2, -0.15) is 0 Å². The van der Waals surface area contributed by atoms with Gasteiger partial charge < -0.3 is 41.5 Å². The van der Waals surface area contributed by atoms with Crippen molar-refractivity contribution in [3.05, 3.63) is 0 Å². The van der Waals surface area contributed by atoms with Crippen molar-refractivity contribution in [3.8, 4) is 0 Å². The molecule has 1 spiro atoms. The molecule has 0 atom stereocenters. The Morgan fingerprint density at radius 1 is 0.750 bits per heavy atom. The van der Waals surface area contributed by atoms with Gasteiger partial charge in [-0.15, -0.1) is 0 Å². The lowest BCUT2D eigenvalue weighted by Crippen LogP contribution is -2.52. The molecule has 7 N–H and O–H groups in total. The zero-order valence-corrected chi connectivity index (χ0v) is 17.3. The van der Waals surface area contributed by atoms with E-state index in [0.717, 1.165) is 65.0 Å². The van der Waals surface area contributed by atoms with Crippen molar-refractivity contribution in [2.45, 2.75) is 38.3 Å². The Bertz CT molecular complexity index is 350. The van der Waals surface area contributed by atoms with Crippen LogP contribution in [-0.4, -0.2) is 96.3 Å². The number of nitrogens with two attached hydrogens (primary N) is 3. The van der Waals surface area contributed by atoms with E-state index in [1.54, 1.807) is 0 Å². The van der Waals surface area contributed by atoms with Gasteiger partial charge in [0.25, 0.3) is 0 Å². The van der Waals surface area contributed by atoms with Crippen molar-refractivity contribution >= 4 is 0 Å². The molecule has 0 aromatic rings. The van der Waals surface area contributed by atoms with Gasteiger partial charge in [0.05, 0.1) is 31.8 Å². The zero-order chi connectivity index (χ0) is 20.1. The van der Waals surface area contributed by atoms with Crippen LogP contribution in [-0.2, 0) is 18.9 Å². The molecule has 0 aromatic carbocycles. The fourth-order valence-electron chi connectivity index (χ4n) is 3.44. The van der Waals surface area contributed by atoms with E-state index in [1.807, 2.05) is 0 Å². The molecule has 0 unspecified atom stereocenters. The Balaban J connectivity index is 0.000000261. The van der Waals surface area contributed by atoms with Crippen LogP contribution in [0.2, 0.25) is 0 Å². The molecule has 3 heterocycles. The predicted octanol–water partition coefficient (Wildman–Crippen LogP) is -0.953. The minimum Gasteiger partial charge on any atom is -0.352 e. The van der Waals surface area contributed by atoms with Crippen LogP contribution in [0, 0.1) is 5.41 Å². The highest BCUT2D eigenvalue weighted by molar-refractivity contribution is 4.84. The number of nitrogens with one attached hydrogen (secondary N) is 1. The van der Waals surface area contributed by atoms with Gasteiger partial charge in [-0.1, -0.05) is 0 Å². The summed E-state index contributed by atoms with van der Waals surface area (Å²) in [6.07, 6.45) is 3.31. The fraction of sp³-hybridized carbons (Fsp3) is 1.00. The maximum absolute atomic E-state index is 5.73. The van der Waals surface area contributed by atoms with Crippen molar-refractivity contribution in [1.82, 2.24) is 10.2 Å². The average Bonchev–Trinajstić information content (AvgIpc) is 2.75. The van der Waals surface area contributed by atoms with Crippen molar-refractivity contribution in [3.63, 3.8) is 0 Å². The molecule has 0 aromatic heterocycles. The third kappa shape index (κ3) is 8.56. The minimum absolute atomic E-state index is 0.121. The molecular weight excluding hydrogens is 362 g/mol. The molecule has 3 saturated heterocycles. The summed E-state index contributed by atoms with van der Waals surface area (Å²) >= 11 is 0. The number of hydrogen-bond acceptors (Lipinski definition) is 9. The Morgan fingerprint density at radius 2 is 1.21 bits per heavy atom. The Labute approximate surface area is 169 Å². The van der Waals surface area contributed by atoms with Gasteiger partial charge >= 0.3 is 0 Å². The van der Waals surface area contributed by atoms with Crippen LogP contribution in [0.15, 0.2) is 0 Å². The molecule has 3 rings (SSSR count). The van der Waals surface area contributed by atoms with Gasteiger partial charge in [0, 0.05) is 39.3 Å². The molecule has 166 valence electrons. The highest BCUT2D eigenvalue weighted by Crippen LogP contribution is 2.31.